The average molecular weight is 177 g/mol. The Kier molecular flexibility index (Phi) is 3.50. The van der Waals surface area contributed by atoms with Crippen molar-refractivity contribution in [2.45, 2.75) is 20.0 Å². The van der Waals surface area contributed by atoms with Crippen molar-refractivity contribution in [3.63, 3.8) is 0 Å². The Balaban J connectivity index is 2.54. The largest absolute Gasteiger partial charge is 0.461 e. The van der Waals surface area contributed by atoms with Gasteiger partial charge in [0.15, 0.2) is 0 Å². The Bertz CT molecular complexity index is 292. The van der Waals surface area contributed by atoms with Crippen LogP contribution < -0.4 is 0 Å². The predicted molar refractivity (Wildman–Crippen MR) is 51.0 cm³/mol. The zero-order chi connectivity index (χ0) is 9.68. The fraction of sp³-hybridized carbons (Fsp3) is 0.273. The second-order valence-corrected chi connectivity index (χ2v) is 2.78. The van der Waals surface area contributed by atoms with E-state index in [1.807, 2.05) is 24.3 Å². The molecule has 0 bridgehead atoms. The van der Waals surface area contributed by atoms with Gasteiger partial charge in [0.1, 0.15) is 6.61 Å². The van der Waals surface area contributed by atoms with Gasteiger partial charge >= 0.3 is 5.97 Å². The molecule has 0 aliphatic carbocycles. The summed E-state index contributed by atoms with van der Waals surface area (Å²) in [6.07, 6.45) is 0.416. The highest BCUT2D eigenvalue weighted by Crippen LogP contribution is 2.08. The van der Waals surface area contributed by atoms with Gasteiger partial charge in [0.05, 0.1) is 0 Å². The highest BCUT2D eigenvalue weighted by atomic mass is 16.5. The van der Waals surface area contributed by atoms with E-state index < -0.39 is 0 Å². The van der Waals surface area contributed by atoms with Gasteiger partial charge in [-0.15, -0.1) is 0 Å². The van der Waals surface area contributed by atoms with E-state index in [4.69, 9.17) is 4.74 Å². The summed E-state index contributed by atoms with van der Waals surface area (Å²) in [5, 5.41) is 0. The molecule has 13 heavy (non-hydrogen) atoms. The second-order valence-electron chi connectivity index (χ2n) is 2.78. The minimum atomic E-state index is -0.178. The third kappa shape index (κ3) is 2.90. The lowest BCUT2D eigenvalue weighted by Gasteiger charge is -2.05. The van der Waals surface area contributed by atoms with Crippen LogP contribution in [0.5, 0.6) is 0 Å². The molecule has 0 aromatic heterocycles. The Labute approximate surface area is 78.5 Å². The van der Waals surface area contributed by atoms with E-state index in [2.05, 4.69) is 6.92 Å². The molecule has 0 aliphatic rings. The predicted octanol–water partition coefficient (Wildman–Crippen LogP) is 2.32. The lowest BCUT2D eigenvalue weighted by atomic mass is 10.1. The van der Waals surface area contributed by atoms with Crippen LogP contribution in [0.15, 0.2) is 24.3 Å². The van der Waals surface area contributed by atoms with Gasteiger partial charge in [0.2, 0.25) is 0 Å². The summed E-state index contributed by atoms with van der Waals surface area (Å²) in [7, 11) is 0. The van der Waals surface area contributed by atoms with Crippen molar-refractivity contribution in [3.05, 3.63) is 42.3 Å². The molecule has 0 aliphatic heterocycles. The maximum atomic E-state index is 10.9. The van der Waals surface area contributed by atoms with Crippen LogP contribution in [0.3, 0.4) is 0 Å². The molecule has 2 nitrogen and oxygen atoms in total. The summed E-state index contributed by atoms with van der Waals surface area (Å²) in [5.41, 5.74) is 1.87. The maximum Gasteiger partial charge on any atom is 0.305 e. The van der Waals surface area contributed by atoms with Crippen molar-refractivity contribution in [2.75, 3.05) is 0 Å². The number of hydrogen-bond acceptors (Lipinski definition) is 2. The summed E-state index contributed by atoms with van der Waals surface area (Å²) in [6.45, 7) is 5.93. The van der Waals surface area contributed by atoms with Gasteiger partial charge in [0, 0.05) is 6.42 Å². The van der Waals surface area contributed by atoms with Gasteiger partial charge in [-0.3, -0.25) is 4.79 Å². The summed E-state index contributed by atoms with van der Waals surface area (Å²) < 4.78 is 4.98. The fourth-order valence-corrected chi connectivity index (χ4v) is 0.959. The topological polar surface area (TPSA) is 26.3 Å². The van der Waals surface area contributed by atoms with Crippen molar-refractivity contribution < 1.29 is 9.53 Å². The summed E-state index contributed by atoms with van der Waals surface area (Å²) in [4.78, 5) is 10.9. The van der Waals surface area contributed by atoms with Gasteiger partial charge in [-0.05, 0) is 18.1 Å². The Morgan fingerprint density at radius 3 is 2.77 bits per heavy atom. The molecular weight excluding hydrogens is 164 g/mol. The first kappa shape index (κ1) is 9.78. The Hall–Kier alpha value is -1.31. The summed E-state index contributed by atoms with van der Waals surface area (Å²) in [6, 6.07) is 7.62. The van der Waals surface area contributed by atoms with Crippen LogP contribution in [0.1, 0.15) is 24.5 Å². The summed E-state index contributed by atoms with van der Waals surface area (Å²) >= 11 is 0. The van der Waals surface area contributed by atoms with Crippen LogP contribution in [0.2, 0.25) is 0 Å². The van der Waals surface area contributed by atoms with Crippen molar-refractivity contribution in [3.8, 4) is 0 Å². The molecule has 1 aromatic rings. The molecule has 0 fully saturated rings. The quantitative estimate of drug-likeness (QED) is 0.662. The van der Waals surface area contributed by atoms with Gasteiger partial charge in [-0.1, -0.05) is 31.2 Å². The number of rotatable bonds is 3. The molecule has 0 amide bonds. The van der Waals surface area contributed by atoms with Gasteiger partial charge in [-0.2, -0.15) is 0 Å². The summed E-state index contributed by atoms with van der Waals surface area (Å²) in [5.74, 6) is -0.178. The molecule has 0 heterocycles. The van der Waals surface area contributed by atoms with Gasteiger partial charge < -0.3 is 4.74 Å². The monoisotopic (exact) mass is 177 g/mol. The van der Waals surface area contributed by atoms with Crippen LogP contribution in [0.25, 0.3) is 0 Å². The van der Waals surface area contributed by atoms with Crippen LogP contribution >= 0.6 is 0 Å². The normalized spacial score (nSPS) is 9.69. The van der Waals surface area contributed by atoms with Crippen LogP contribution in [0, 0.1) is 6.92 Å². The molecule has 69 valence electrons. The number of esters is 1. The minimum absolute atomic E-state index is 0.178. The first-order valence-corrected chi connectivity index (χ1v) is 4.29. The van der Waals surface area contributed by atoms with E-state index in [-0.39, 0.29) is 5.97 Å². The van der Waals surface area contributed by atoms with Crippen molar-refractivity contribution in [1.29, 1.82) is 0 Å². The fourth-order valence-electron chi connectivity index (χ4n) is 0.959. The van der Waals surface area contributed by atoms with Crippen molar-refractivity contribution in [1.82, 2.24) is 0 Å². The average Bonchev–Trinajstić information content (AvgIpc) is 2.16. The number of carbonyl (C=O) groups excluding carboxylic acids is 1. The molecule has 0 spiro atoms. The molecule has 0 N–H and O–H groups in total. The van der Waals surface area contributed by atoms with E-state index in [0.717, 1.165) is 11.1 Å². The van der Waals surface area contributed by atoms with E-state index >= 15 is 0 Å². The van der Waals surface area contributed by atoms with E-state index in [1.165, 1.54) is 0 Å². The maximum absolute atomic E-state index is 10.9. The first-order chi connectivity index (χ1) is 6.24. The minimum Gasteiger partial charge on any atom is -0.461 e. The van der Waals surface area contributed by atoms with E-state index in [9.17, 15) is 4.79 Å². The first-order valence-electron chi connectivity index (χ1n) is 4.29. The molecular formula is C11H13O2. The number of ether oxygens (including phenoxy) is 1. The Morgan fingerprint density at radius 2 is 2.15 bits per heavy atom. The van der Waals surface area contributed by atoms with Gasteiger partial charge in [-0.25, -0.2) is 0 Å². The number of hydrogen-bond donors (Lipinski definition) is 0. The molecule has 0 unspecified atom stereocenters. The Morgan fingerprint density at radius 1 is 1.46 bits per heavy atom. The molecule has 0 saturated carbocycles. The molecule has 1 radical (unpaired) electrons. The zero-order valence-corrected chi connectivity index (χ0v) is 7.75. The molecule has 0 saturated heterocycles. The molecule has 2 heteroatoms. The van der Waals surface area contributed by atoms with Crippen molar-refractivity contribution >= 4 is 5.97 Å². The number of carbonyl (C=O) groups is 1. The lowest BCUT2D eigenvalue weighted by Crippen LogP contribution is -2.03. The van der Waals surface area contributed by atoms with Crippen LogP contribution in [0.4, 0.5) is 0 Å². The SMILES string of the molecule is [CH2]c1ccccc1COC(=O)CC. The van der Waals surface area contributed by atoms with E-state index in [1.54, 1.807) is 6.92 Å². The van der Waals surface area contributed by atoms with E-state index in [0.29, 0.717) is 13.0 Å². The van der Waals surface area contributed by atoms with Crippen LogP contribution in [-0.4, -0.2) is 5.97 Å². The van der Waals surface area contributed by atoms with Gasteiger partial charge in [0.25, 0.3) is 0 Å². The standard InChI is InChI=1S/C11H13O2/c1-3-11(12)13-8-10-7-5-4-6-9(10)2/h4-7H,2-3,8H2,1H3. The smallest absolute Gasteiger partial charge is 0.305 e. The second kappa shape index (κ2) is 4.65. The molecule has 1 aromatic carbocycles. The van der Waals surface area contributed by atoms with Crippen molar-refractivity contribution in [2.24, 2.45) is 0 Å². The number of benzene rings is 1. The zero-order valence-electron chi connectivity index (χ0n) is 7.75. The molecule has 1 rings (SSSR count). The lowest BCUT2D eigenvalue weighted by molar-refractivity contribution is -0.144. The molecule has 0 atom stereocenters. The highest BCUT2D eigenvalue weighted by molar-refractivity contribution is 5.68. The third-order valence-electron chi connectivity index (χ3n) is 1.80. The van der Waals surface area contributed by atoms with Crippen LogP contribution in [-0.2, 0) is 16.1 Å². The third-order valence-corrected chi connectivity index (χ3v) is 1.80. The highest BCUT2D eigenvalue weighted by Gasteiger charge is 2.00.